The summed E-state index contributed by atoms with van der Waals surface area (Å²) in [6, 6.07) is 2.59. The lowest BCUT2D eigenvalue weighted by atomic mass is 10.1. The quantitative estimate of drug-likeness (QED) is 0.165. The van der Waals surface area contributed by atoms with E-state index in [1.54, 1.807) is 0 Å². The number of aromatic hydroxyl groups is 1. The van der Waals surface area contributed by atoms with E-state index in [0.717, 1.165) is 0 Å². The molecule has 0 saturated carbocycles. The van der Waals surface area contributed by atoms with E-state index < -0.39 is 48.4 Å². The molecule has 3 atom stereocenters. The van der Waals surface area contributed by atoms with Crippen molar-refractivity contribution in [2.75, 3.05) is 12.3 Å². The predicted molar refractivity (Wildman–Crippen MR) is 120 cm³/mol. The minimum absolute atomic E-state index is 0.0289. The number of carbonyl (C=O) groups excluding carboxylic acids is 3. The highest BCUT2D eigenvalue weighted by atomic mass is 32.1. The van der Waals surface area contributed by atoms with Crippen molar-refractivity contribution < 1.29 is 29.4 Å². The fourth-order valence-electron chi connectivity index (χ4n) is 2.80. The molecule has 13 heteroatoms. The minimum Gasteiger partial charge on any atom is -0.508 e. The topological polar surface area (TPSA) is 200 Å². The van der Waals surface area contributed by atoms with Crippen LogP contribution in [-0.4, -0.2) is 74.3 Å². The van der Waals surface area contributed by atoms with Gasteiger partial charge in [0.25, 0.3) is 0 Å². The zero-order chi connectivity index (χ0) is 24.4. The number of benzene rings is 1. The van der Waals surface area contributed by atoms with Gasteiger partial charge in [-0.3, -0.25) is 14.4 Å². The maximum Gasteiger partial charge on any atom is 0.326 e. The first-order valence-electron chi connectivity index (χ1n) is 9.91. The molecular weight excluding hydrogens is 452 g/mol. The number of aromatic amines is 1. The second-order valence-corrected chi connectivity index (χ2v) is 7.54. The molecule has 0 aliphatic rings. The zero-order valence-electron chi connectivity index (χ0n) is 17.5. The van der Waals surface area contributed by atoms with E-state index >= 15 is 0 Å². The summed E-state index contributed by atoms with van der Waals surface area (Å²) in [5.74, 6) is -3.31. The second kappa shape index (κ2) is 12.5. The maximum absolute atomic E-state index is 12.5. The largest absolute Gasteiger partial charge is 0.508 e. The molecule has 3 amide bonds. The Bertz CT molecular complexity index is 952. The van der Waals surface area contributed by atoms with E-state index in [-0.39, 0.29) is 24.3 Å². The Hall–Kier alpha value is -3.58. The molecular formula is C20H26N6O6S. The fraction of sp³-hybridized carbons (Fsp3) is 0.350. The van der Waals surface area contributed by atoms with Gasteiger partial charge < -0.3 is 36.9 Å². The maximum atomic E-state index is 12.5. The average molecular weight is 479 g/mol. The smallest absolute Gasteiger partial charge is 0.326 e. The molecule has 0 aliphatic heterocycles. The number of aromatic nitrogens is 2. The van der Waals surface area contributed by atoms with Crippen molar-refractivity contribution in [2.24, 2.45) is 5.73 Å². The summed E-state index contributed by atoms with van der Waals surface area (Å²) >= 11 is 4.04. The minimum atomic E-state index is -1.26. The lowest BCUT2D eigenvalue weighted by molar-refractivity contribution is -0.142. The van der Waals surface area contributed by atoms with Gasteiger partial charge in [-0.25, -0.2) is 9.78 Å². The molecule has 2 rings (SSSR count). The Morgan fingerprint density at radius 2 is 1.76 bits per heavy atom. The Balaban J connectivity index is 1.84. The Kier molecular flexibility index (Phi) is 9.69. The predicted octanol–water partition coefficient (Wildman–Crippen LogP) is -1.67. The number of nitrogens with one attached hydrogen (secondary N) is 4. The van der Waals surface area contributed by atoms with E-state index in [4.69, 9.17) is 5.73 Å². The molecule has 1 heterocycles. The van der Waals surface area contributed by atoms with Crippen molar-refractivity contribution in [1.82, 2.24) is 25.9 Å². The molecule has 0 aliphatic carbocycles. The van der Waals surface area contributed by atoms with Gasteiger partial charge in [0.2, 0.25) is 17.7 Å². The summed E-state index contributed by atoms with van der Waals surface area (Å²) < 4.78 is 0. The lowest BCUT2D eigenvalue weighted by Crippen LogP contribution is -2.55. The number of phenolic OH excluding ortho intramolecular Hbond substituents is 1. The number of amides is 3. The molecule has 8 N–H and O–H groups in total. The van der Waals surface area contributed by atoms with Crippen LogP contribution in [0.25, 0.3) is 0 Å². The number of H-pyrrole nitrogens is 1. The molecule has 0 bridgehead atoms. The van der Waals surface area contributed by atoms with Crippen LogP contribution in [-0.2, 0) is 32.0 Å². The molecule has 1 aromatic carbocycles. The highest BCUT2D eigenvalue weighted by Crippen LogP contribution is 2.11. The van der Waals surface area contributed by atoms with Crippen molar-refractivity contribution in [3.8, 4) is 5.75 Å². The number of carboxylic acid groups (broad SMARTS) is 1. The number of phenols is 1. The van der Waals surface area contributed by atoms with Crippen molar-refractivity contribution in [1.29, 1.82) is 0 Å². The summed E-state index contributed by atoms with van der Waals surface area (Å²) in [4.78, 5) is 54.9. The number of hydrogen-bond donors (Lipinski definition) is 8. The number of rotatable bonds is 12. The van der Waals surface area contributed by atoms with Crippen LogP contribution in [0.15, 0.2) is 36.8 Å². The third-order valence-electron chi connectivity index (χ3n) is 4.58. The summed E-state index contributed by atoms with van der Waals surface area (Å²) in [5, 5.41) is 25.9. The van der Waals surface area contributed by atoms with Gasteiger partial charge in [0.15, 0.2) is 0 Å². The number of nitrogens with two attached hydrogens (primary N) is 1. The van der Waals surface area contributed by atoms with E-state index in [2.05, 4.69) is 38.5 Å². The third kappa shape index (κ3) is 8.46. The van der Waals surface area contributed by atoms with Crippen LogP contribution in [0.5, 0.6) is 5.75 Å². The number of thiol groups is 1. The van der Waals surface area contributed by atoms with Crippen LogP contribution in [0.4, 0.5) is 0 Å². The number of carboxylic acids is 1. The Labute approximate surface area is 194 Å². The molecule has 33 heavy (non-hydrogen) atoms. The fourth-order valence-corrected chi connectivity index (χ4v) is 3.06. The first kappa shape index (κ1) is 25.7. The van der Waals surface area contributed by atoms with Gasteiger partial charge in [0.1, 0.15) is 17.8 Å². The SMILES string of the molecule is NC(Cc1cnc[nH]1)C(=O)NCC(=O)NC(CS)C(=O)NC(Cc1ccc(O)cc1)C(=O)O. The Morgan fingerprint density at radius 3 is 2.33 bits per heavy atom. The van der Waals surface area contributed by atoms with E-state index in [1.165, 1.54) is 36.8 Å². The highest BCUT2D eigenvalue weighted by molar-refractivity contribution is 7.80. The molecule has 3 unspecified atom stereocenters. The van der Waals surface area contributed by atoms with E-state index in [1.807, 2.05) is 0 Å². The zero-order valence-corrected chi connectivity index (χ0v) is 18.4. The summed E-state index contributed by atoms with van der Waals surface area (Å²) in [6.07, 6.45) is 3.16. The van der Waals surface area contributed by atoms with Crippen LogP contribution in [0.3, 0.4) is 0 Å². The second-order valence-electron chi connectivity index (χ2n) is 7.18. The van der Waals surface area contributed by atoms with E-state index in [9.17, 15) is 29.4 Å². The van der Waals surface area contributed by atoms with Gasteiger partial charge >= 0.3 is 5.97 Å². The van der Waals surface area contributed by atoms with Crippen molar-refractivity contribution in [3.05, 3.63) is 48.0 Å². The van der Waals surface area contributed by atoms with Crippen LogP contribution in [0.1, 0.15) is 11.3 Å². The molecule has 2 aromatic rings. The average Bonchev–Trinajstić information content (AvgIpc) is 3.29. The number of imidazole rings is 1. The molecule has 0 fully saturated rings. The normalized spacial score (nSPS) is 13.4. The number of hydrogen-bond acceptors (Lipinski definition) is 8. The highest BCUT2D eigenvalue weighted by Gasteiger charge is 2.26. The van der Waals surface area contributed by atoms with Crippen molar-refractivity contribution in [3.63, 3.8) is 0 Å². The van der Waals surface area contributed by atoms with Gasteiger partial charge in [-0.05, 0) is 17.7 Å². The van der Waals surface area contributed by atoms with Crippen LogP contribution < -0.4 is 21.7 Å². The number of nitrogens with zero attached hydrogens (tertiary/aromatic N) is 1. The van der Waals surface area contributed by atoms with Crippen LogP contribution >= 0.6 is 12.6 Å². The summed E-state index contributed by atoms with van der Waals surface area (Å²) in [6.45, 7) is -0.428. The van der Waals surface area contributed by atoms with Crippen LogP contribution in [0.2, 0.25) is 0 Å². The van der Waals surface area contributed by atoms with Gasteiger partial charge in [0.05, 0.1) is 18.9 Å². The van der Waals surface area contributed by atoms with Gasteiger partial charge in [-0.2, -0.15) is 12.6 Å². The monoisotopic (exact) mass is 478 g/mol. The third-order valence-corrected chi connectivity index (χ3v) is 4.94. The lowest BCUT2D eigenvalue weighted by Gasteiger charge is -2.20. The molecule has 0 saturated heterocycles. The number of aliphatic carboxylic acids is 1. The van der Waals surface area contributed by atoms with Crippen molar-refractivity contribution in [2.45, 2.75) is 31.0 Å². The molecule has 12 nitrogen and oxygen atoms in total. The van der Waals surface area contributed by atoms with Crippen LogP contribution in [0, 0.1) is 0 Å². The first-order valence-corrected chi connectivity index (χ1v) is 10.5. The molecule has 178 valence electrons. The van der Waals surface area contributed by atoms with Crippen molar-refractivity contribution >= 4 is 36.3 Å². The number of carbonyl (C=O) groups is 4. The first-order chi connectivity index (χ1) is 15.7. The van der Waals surface area contributed by atoms with Gasteiger partial charge in [-0.15, -0.1) is 0 Å². The summed E-state index contributed by atoms with van der Waals surface area (Å²) in [7, 11) is 0. The van der Waals surface area contributed by atoms with E-state index in [0.29, 0.717) is 11.3 Å². The molecule has 0 spiro atoms. The molecule has 0 radical (unpaired) electrons. The Morgan fingerprint density at radius 1 is 1.06 bits per heavy atom. The molecule has 1 aromatic heterocycles. The van der Waals surface area contributed by atoms with Gasteiger partial charge in [-0.1, -0.05) is 12.1 Å². The summed E-state index contributed by atoms with van der Waals surface area (Å²) in [5.41, 5.74) is 7.03. The standard InChI is InChI=1S/C20H26N6O6S/c21-14(6-12-7-22-10-24-12)18(29)23-8-17(28)25-16(9-33)19(30)26-15(20(31)32)5-11-1-3-13(27)4-2-11/h1-4,7,10,14-16,27,33H,5-6,8-9,21H2,(H,22,24)(H,23,29)(H,25,28)(H,26,30)(H,31,32). The van der Waals surface area contributed by atoms with Gasteiger partial charge in [0, 0.05) is 30.5 Å².